The van der Waals surface area contributed by atoms with E-state index in [2.05, 4.69) is 4.74 Å². The van der Waals surface area contributed by atoms with Crippen LogP contribution in [0.25, 0.3) is 11.1 Å². The number of nitrogens with one attached hydrogen (secondary N) is 1. The number of sulfonamides is 1. The quantitative estimate of drug-likeness (QED) is 0.580. The first-order valence-corrected chi connectivity index (χ1v) is 9.90. The SMILES string of the molecule is CS(=O)(=O)N[C@H]1C(F)(F)O[C@@]1(C=O)Cc1cccc(-c2cc(F)cc(F)c2)c1. The van der Waals surface area contributed by atoms with Crippen LogP contribution < -0.4 is 4.72 Å². The smallest absolute Gasteiger partial charge is 0.302 e. The number of aldehydes is 1. The minimum Gasteiger partial charge on any atom is -0.302 e. The lowest BCUT2D eigenvalue weighted by molar-refractivity contribution is -0.393. The summed E-state index contributed by atoms with van der Waals surface area (Å²) in [6.45, 7) is 0. The van der Waals surface area contributed by atoms with Crippen LogP contribution in [-0.4, -0.2) is 38.7 Å². The van der Waals surface area contributed by atoms with Crippen LogP contribution in [0, 0.1) is 11.6 Å². The zero-order valence-electron chi connectivity index (χ0n) is 14.5. The van der Waals surface area contributed by atoms with E-state index in [9.17, 15) is 30.8 Å². The van der Waals surface area contributed by atoms with E-state index in [-0.39, 0.29) is 18.3 Å². The van der Waals surface area contributed by atoms with Crippen LogP contribution in [0.2, 0.25) is 0 Å². The number of carbonyl (C=O) groups excluding carboxylic acids is 1. The lowest BCUT2D eigenvalue weighted by atomic mass is 9.82. The van der Waals surface area contributed by atoms with Gasteiger partial charge >= 0.3 is 6.11 Å². The fraction of sp³-hybridized carbons (Fsp3) is 0.278. The number of hydrogen-bond acceptors (Lipinski definition) is 4. The first kappa shape index (κ1) is 20.4. The molecule has 0 radical (unpaired) electrons. The average molecular weight is 417 g/mol. The maximum Gasteiger partial charge on any atom is 0.376 e. The predicted molar refractivity (Wildman–Crippen MR) is 92.1 cm³/mol. The molecule has 2 aromatic rings. The molecule has 0 aliphatic carbocycles. The fourth-order valence-corrected chi connectivity index (χ4v) is 3.92. The van der Waals surface area contributed by atoms with Crippen molar-refractivity contribution < 1.29 is 35.5 Å². The highest BCUT2D eigenvalue weighted by Gasteiger charge is 2.69. The Morgan fingerprint density at radius 3 is 2.29 bits per heavy atom. The maximum absolute atomic E-state index is 13.8. The number of carbonyl (C=O) groups is 1. The summed E-state index contributed by atoms with van der Waals surface area (Å²) in [4.78, 5) is 11.5. The van der Waals surface area contributed by atoms with Gasteiger partial charge in [-0.05, 0) is 28.8 Å². The van der Waals surface area contributed by atoms with Crippen molar-refractivity contribution >= 4 is 16.3 Å². The molecule has 0 bridgehead atoms. The lowest BCUT2D eigenvalue weighted by Gasteiger charge is -2.50. The van der Waals surface area contributed by atoms with Crippen LogP contribution in [0.5, 0.6) is 0 Å². The van der Waals surface area contributed by atoms with Crippen LogP contribution >= 0.6 is 0 Å². The Morgan fingerprint density at radius 1 is 1.11 bits per heavy atom. The van der Waals surface area contributed by atoms with Crippen molar-refractivity contribution in [3.63, 3.8) is 0 Å². The number of halogens is 4. The molecule has 1 saturated heterocycles. The third-order valence-corrected chi connectivity index (χ3v) is 4.95. The second-order valence-electron chi connectivity index (χ2n) is 6.59. The molecule has 2 aromatic carbocycles. The second kappa shape index (κ2) is 6.94. The van der Waals surface area contributed by atoms with E-state index in [1.807, 2.05) is 0 Å². The van der Waals surface area contributed by atoms with Gasteiger partial charge in [0.25, 0.3) is 0 Å². The highest BCUT2D eigenvalue weighted by atomic mass is 32.2. The molecule has 150 valence electrons. The van der Waals surface area contributed by atoms with Gasteiger partial charge < -0.3 is 9.53 Å². The van der Waals surface area contributed by atoms with E-state index >= 15 is 0 Å². The minimum absolute atomic E-state index is 0.127. The Kier molecular flexibility index (Phi) is 5.07. The Bertz CT molecular complexity index is 1010. The molecule has 28 heavy (non-hydrogen) atoms. The average Bonchev–Trinajstić information content (AvgIpc) is 2.58. The summed E-state index contributed by atoms with van der Waals surface area (Å²) in [5.74, 6) is -1.58. The van der Waals surface area contributed by atoms with Gasteiger partial charge in [0.05, 0.1) is 6.26 Å². The number of rotatable bonds is 6. The standard InChI is InChI=1S/C18H15F4NO4S/c1-28(25,26)23-16-17(10-24,27-18(16,21)22)9-11-3-2-4-12(5-11)13-6-14(19)8-15(20)7-13/h2-8,10,16,23H,9H2,1H3/t16-,17-/m1/s1. The van der Waals surface area contributed by atoms with Gasteiger partial charge in [0.15, 0.2) is 11.9 Å². The molecule has 0 amide bonds. The predicted octanol–water partition coefficient (Wildman–Crippen LogP) is 2.65. The van der Waals surface area contributed by atoms with E-state index in [1.54, 1.807) is 10.8 Å². The third-order valence-electron chi connectivity index (χ3n) is 4.29. The van der Waals surface area contributed by atoms with E-state index in [1.165, 1.54) is 18.2 Å². The van der Waals surface area contributed by atoms with E-state index in [0.29, 0.717) is 23.4 Å². The van der Waals surface area contributed by atoms with Crippen LogP contribution in [0.3, 0.4) is 0 Å². The van der Waals surface area contributed by atoms with Crippen molar-refractivity contribution in [3.05, 3.63) is 59.7 Å². The second-order valence-corrected chi connectivity index (χ2v) is 8.38. The Hall–Kier alpha value is -2.30. The minimum atomic E-state index is -4.04. The number of hydrogen-bond donors (Lipinski definition) is 1. The summed E-state index contributed by atoms with van der Waals surface area (Å²) in [5, 5.41) is 0. The summed E-state index contributed by atoms with van der Waals surface area (Å²) >= 11 is 0. The van der Waals surface area contributed by atoms with Gasteiger partial charge in [-0.15, -0.1) is 0 Å². The van der Waals surface area contributed by atoms with Gasteiger partial charge in [0, 0.05) is 12.5 Å². The Morgan fingerprint density at radius 2 is 1.75 bits per heavy atom. The highest BCUT2D eigenvalue weighted by molar-refractivity contribution is 7.88. The molecule has 10 heteroatoms. The molecular weight excluding hydrogens is 402 g/mol. The summed E-state index contributed by atoms with van der Waals surface area (Å²) in [5.41, 5.74) is -1.18. The first-order chi connectivity index (χ1) is 12.9. The third kappa shape index (κ3) is 4.08. The molecule has 1 aliphatic rings. The number of ether oxygens (including phenoxy) is 1. The molecule has 5 nitrogen and oxygen atoms in total. The van der Waals surface area contributed by atoms with E-state index in [4.69, 9.17) is 0 Å². The van der Waals surface area contributed by atoms with Gasteiger partial charge in [-0.1, -0.05) is 24.3 Å². The largest absolute Gasteiger partial charge is 0.376 e. The van der Waals surface area contributed by atoms with Crippen molar-refractivity contribution in [1.29, 1.82) is 0 Å². The van der Waals surface area contributed by atoms with Crippen molar-refractivity contribution in [2.75, 3.05) is 6.26 Å². The van der Waals surface area contributed by atoms with Crippen LogP contribution in [-0.2, 0) is 26.0 Å². The highest BCUT2D eigenvalue weighted by Crippen LogP contribution is 2.45. The van der Waals surface area contributed by atoms with E-state index < -0.39 is 39.4 Å². The van der Waals surface area contributed by atoms with Crippen molar-refractivity contribution in [2.45, 2.75) is 24.2 Å². The Balaban J connectivity index is 1.93. The number of benzene rings is 2. The molecule has 3 rings (SSSR count). The zero-order valence-corrected chi connectivity index (χ0v) is 15.3. The Labute approximate surface area is 158 Å². The van der Waals surface area contributed by atoms with Crippen molar-refractivity contribution in [2.24, 2.45) is 0 Å². The molecule has 1 heterocycles. The zero-order chi connectivity index (χ0) is 20.7. The molecule has 1 aliphatic heterocycles. The van der Waals surface area contributed by atoms with E-state index in [0.717, 1.165) is 12.1 Å². The van der Waals surface area contributed by atoms with Crippen molar-refractivity contribution in [1.82, 2.24) is 4.72 Å². The fourth-order valence-electron chi connectivity index (χ4n) is 3.15. The summed E-state index contributed by atoms with van der Waals surface area (Å²) in [7, 11) is -4.04. The van der Waals surface area contributed by atoms with Gasteiger partial charge in [-0.2, -0.15) is 8.78 Å². The molecule has 1 fully saturated rings. The molecule has 0 unspecified atom stereocenters. The maximum atomic E-state index is 13.8. The summed E-state index contributed by atoms with van der Waals surface area (Å²) in [6.07, 6.45) is -3.41. The monoisotopic (exact) mass is 417 g/mol. The topological polar surface area (TPSA) is 72.5 Å². The molecule has 1 N–H and O–H groups in total. The van der Waals surface area contributed by atoms with Gasteiger partial charge in [-0.3, -0.25) is 0 Å². The van der Waals surface area contributed by atoms with Gasteiger partial charge in [0.1, 0.15) is 17.7 Å². The van der Waals surface area contributed by atoms with Crippen LogP contribution in [0.4, 0.5) is 17.6 Å². The molecular formula is C18H15F4NO4S. The van der Waals surface area contributed by atoms with Gasteiger partial charge in [-0.25, -0.2) is 21.9 Å². The molecule has 2 atom stereocenters. The molecule has 0 saturated carbocycles. The molecule has 0 spiro atoms. The lowest BCUT2D eigenvalue weighted by Crippen LogP contribution is -2.76. The first-order valence-electron chi connectivity index (χ1n) is 8.01. The van der Waals surface area contributed by atoms with Crippen LogP contribution in [0.1, 0.15) is 5.56 Å². The normalized spacial score (nSPS) is 23.8. The molecule has 0 aromatic heterocycles. The summed E-state index contributed by atoms with van der Waals surface area (Å²) in [6, 6.07) is 6.84. The van der Waals surface area contributed by atoms with Crippen molar-refractivity contribution in [3.8, 4) is 11.1 Å². The van der Waals surface area contributed by atoms with Gasteiger partial charge in [0.2, 0.25) is 10.0 Å². The number of alkyl halides is 2. The van der Waals surface area contributed by atoms with Crippen LogP contribution in [0.15, 0.2) is 42.5 Å². The summed E-state index contributed by atoms with van der Waals surface area (Å²) < 4.78 is 83.4.